The van der Waals surface area contributed by atoms with E-state index in [1.54, 1.807) is 18.2 Å². The molecule has 1 fully saturated rings. The van der Waals surface area contributed by atoms with Crippen LogP contribution in [-0.4, -0.2) is 16.0 Å². The maximum absolute atomic E-state index is 12.8. The second-order valence-corrected chi connectivity index (χ2v) is 10.2. The molecule has 4 rings (SSSR count). The molecular formula is C25H18BrCl2NO3S. The summed E-state index contributed by atoms with van der Waals surface area (Å²) in [5.74, 6) is 0.0280. The molecule has 0 saturated carbocycles. The summed E-state index contributed by atoms with van der Waals surface area (Å²) in [6.45, 7) is 2.55. The van der Waals surface area contributed by atoms with Gasteiger partial charge in [-0.15, -0.1) is 0 Å². The van der Waals surface area contributed by atoms with Crippen molar-refractivity contribution in [3.63, 3.8) is 0 Å². The minimum atomic E-state index is -0.347. The van der Waals surface area contributed by atoms with Crippen LogP contribution in [0.3, 0.4) is 0 Å². The van der Waals surface area contributed by atoms with E-state index in [4.69, 9.17) is 27.9 Å². The third kappa shape index (κ3) is 5.82. The number of hydrogen-bond donors (Lipinski definition) is 0. The molecule has 3 aromatic rings. The summed E-state index contributed by atoms with van der Waals surface area (Å²) in [5.41, 5.74) is 3.62. The number of carbonyl (C=O) groups is 2. The maximum atomic E-state index is 12.8. The molecule has 2 amide bonds. The number of carbonyl (C=O) groups excluding carboxylic acids is 2. The number of rotatable bonds is 6. The number of thioether (sulfide) groups is 1. The number of aryl methyl sites for hydroxylation is 1. The van der Waals surface area contributed by atoms with Crippen LogP contribution in [0, 0.1) is 6.92 Å². The smallest absolute Gasteiger partial charge is 0.293 e. The van der Waals surface area contributed by atoms with Gasteiger partial charge >= 0.3 is 0 Å². The number of benzene rings is 3. The molecule has 1 saturated heterocycles. The van der Waals surface area contributed by atoms with Crippen LogP contribution in [0.2, 0.25) is 10.0 Å². The Labute approximate surface area is 214 Å². The van der Waals surface area contributed by atoms with Gasteiger partial charge in [-0.05, 0) is 65.7 Å². The molecule has 0 atom stereocenters. The molecule has 0 radical (unpaired) electrons. The first kappa shape index (κ1) is 23.9. The lowest BCUT2D eigenvalue weighted by atomic mass is 10.1. The minimum absolute atomic E-state index is 0.211. The van der Waals surface area contributed by atoms with E-state index < -0.39 is 0 Å². The Morgan fingerprint density at radius 1 is 1.00 bits per heavy atom. The molecule has 0 N–H and O–H groups in total. The van der Waals surface area contributed by atoms with Gasteiger partial charge in [-0.25, -0.2) is 0 Å². The monoisotopic (exact) mass is 561 g/mol. The second kappa shape index (κ2) is 10.3. The van der Waals surface area contributed by atoms with E-state index in [0.29, 0.717) is 32.9 Å². The Hall–Kier alpha value is -2.25. The normalized spacial score (nSPS) is 14.9. The molecule has 0 aliphatic carbocycles. The van der Waals surface area contributed by atoms with Crippen LogP contribution in [0.4, 0.5) is 4.79 Å². The first-order chi connectivity index (χ1) is 15.8. The molecule has 1 aliphatic rings. The topological polar surface area (TPSA) is 46.6 Å². The third-order valence-corrected chi connectivity index (χ3v) is 6.91. The lowest BCUT2D eigenvalue weighted by Gasteiger charge is -2.12. The number of nitrogens with zero attached hydrogens (tertiary/aromatic N) is 1. The van der Waals surface area contributed by atoms with Crippen LogP contribution in [0.5, 0.6) is 5.75 Å². The summed E-state index contributed by atoms with van der Waals surface area (Å²) in [6, 6.07) is 18.8. The van der Waals surface area contributed by atoms with Gasteiger partial charge in [0.25, 0.3) is 11.1 Å². The van der Waals surface area contributed by atoms with E-state index in [0.717, 1.165) is 32.9 Å². The van der Waals surface area contributed by atoms with E-state index in [1.165, 1.54) is 4.90 Å². The van der Waals surface area contributed by atoms with Crippen LogP contribution in [-0.2, 0) is 17.9 Å². The molecule has 168 valence electrons. The maximum Gasteiger partial charge on any atom is 0.293 e. The summed E-state index contributed by atoms with van der Waals surface area (Å²) < 4.78 is 6.77. The zero-order valence-electron chi connectivity index (χ0n) is 17.5. The SMILES string of the molecule is Cc1cccc(COc2c(Cl)cc(/C=C3\SC(=O)N(Cc4ccc(Br)cc4)C3=O)cc2Cl)c1. The molecule has 0 unspecified atom stereocenters. The van der Waals surface area contributed by atoms with Gasteiger partial charge in [0, 0.05) is 4.47 Å². The molecule has 1 aliphatic heterocycles. The van der Waals surface area contributed by atoms with Gasteiger partial charge in [0.05, 0.1) is 21.5 Å². The summed E-state index contributed by atoms with van der Waals surface area (Å²) in [7, 11) is 0. The Morgan fingerprint density at radius 2 is 1.70 bits per heavy atom. The van der Waals surface area contributed by atoms with Crippen molar-refractivity contribution >= 4 is 68.1 Å². The van der Waals surface area contributed by atoms with E-state index in [9.17, 15) is 9.59 Å². The van der Waals surface area contributed by atoms with E-state index in [2.05, 4.69) is 15.9 Å². The third-order valence-electron chi connectivity index (χ3n) is 4.91. The molecule has 0 bridgehead atoms. The highest BCUT2D eigenvalue weighted by Crippen LogP contribution is 2.38. The van der Waals surface area contributed by atoms with Crippen LogP contribution in [0.15, 0.2) is 70.0 Å². The van der Waals surface area contributed by atoms with E-state index >= 15 is 0 Å². The molecular weight excluding hydrogens is 545 g/mol. The van der Waals surface area contributed by atoms with E-state index in [-0.39, 0.29) is 17.7 Å². The van der Waals surface area contributed by atoms with Crippen molar-refractivity contribution in [2.45, 2.75) is 20.1 Å². The lowest BCUT2D eigenvalue weighted by molar-refractivity contribution is -0.123. The summed E-state index contributed by atoms with van der Waals surface area (Å²) in [4.78, 5) is 26.8. The van der Waals surface area contributed by atoms with Crippen molar-refractivity contribution in [3.8, 4) is 5.75 Å². The van der Waals surface area contributed by atoms with Crippen molar-refractivity contribution in [1.82, 2.24) is 4.90 Å². The molecule has 0 spiro atoms. The summed E-state index contributed by atoms with van der Waals surface area (Å²) in [6.07, 6.45) is 1.62. The Kier molecular flexibility index (Phi) is 7.49. The minimum Gasteiger partial charge on any atom is -0.486 e. The van der Waals surface area contributed by atoms with Crippen LogP contribution in [0.1, 0.15) is 22.3 Å². The number of amides is 2. The van der Waals surface area contributed by atoms with E-state index in [1.807, 2.05) is 55.5 Å². The average molecular weight is 563 g/mol. The summed E-state index contributed by atoms with van der Waals surface area (Å²) >= 11 is 17.1. The fourth-order valence-electron chi connectivity index (χ4n) is 3.32. The average Bonchev–Trinajstić information content (AvgIpc) is 3.02. The van der Waals surface area contributed by atoms with Gasteiger partial charge in [-0.3, -0.25) is 14.5 Å². The number of imide groups is 1. The van der Waals surface area contributed by atoms with Crippen molar-refractivity contribution in [3.05, 3.63) is 102 Å². The van der Waals surface area contributed by atoms with Gasteiger partial charge in [0.1, 0.15) is 6.61 Å². The van der Waals surface area contributed by atoms with Crippen molar-refractivity contribution < 1.29 is 14.3 Å². The van der Waals surface area contributed by atoms with Gasteiger partial charge in [0.15, 0.2) is 5.75 Å². The highest BCUT2D eigenvalue weighted by molar-refractivity contribution is 9.10. The van der Waals surface area contributed by atoms with Crippen molar-refractivity contribution in [2.75, 3.05) is 0 Å². The first-order valence-electron chi connectivity index (χ1n) is 9.97. The number of halogens is 3. The van der Waals surface area contributed by atoms with Crippen LogP contribution >= 0.6 is 50.9 Å². The second-order valence-electron chi connectivity index (χ2n) is 7.49. The molecule has 4 nitrogen and oxygen atoms in total. The van der Waals surface area contributed by atoms with Gasteiger partial charge in [-0.2, -0.15) is 0 Å². The van der Waals surface area contributed by atoms with Gasteiger partial charge in [0.2, 0.25) is 0 Å². The van der Waals surface area contributed by atoms with Crippen molar-refractivity contribution in [1.29, 1.82) is 0 Å². The zero-order chi connectivity index (χ0) is 23.5. The first-order valence-corrected chi connectivity index (χ1v) is 12.3. The molecule has 33 heavy (non-hydrogen) atoms. The fraction of sp³-hybridized carbons (Fsp3) is 0.120. The Bertz CT molecular complexity index is 1240. The Balaban J connectivity index is 1.49. The standard InChI is InChI=1S/C25H18BrCl2NO3S/c1-15-3-2-4-17(9-15)14-32-23-20(27)10-18(11-21(23)28)12-22-24(30)29(25(31)33-22)13-16-5-7-19(26)8-6-16/h2-12H,13-14H2,1H3/b22-12-. The fourth-order valence-corrected chi connectivity index (χ4v) is 5.03. The predicted octanol–water partition coefficient (Wildman–Crippen LogP) is 7.88. The molecule has 8 heteroatoms. The van der Waals surface area contributed by atoms with Gasteiger partial charge in [-0.1, -0.05) is 81.1 Å². The van der Waals surface area contributed by atoms with Gasteiger partial charge < -0.3 is 4.74 Å². The number of hydrogen-bond acceptors (Lipinski definition) is 4. The highest BCUT2D eigenvalue weighted by Gasteiger charge is 2.35. The van der Waals surface area contributed by atoms with Crippen molar-refractivity contribution in [2.24, 2.45) is 0 Å². The highest BCUT2D eigenvalue weighted by atomic mass is 79.9. The van der Waals surface area contributed by atoms with Crippen LogP contribution in [0.25, 0.3) is 6.08 Å². The van der Waals surface area contributed by atoms with Crippen LogP contribution < -0.4 is 4.74 Å². The predicted molar refractivity (Wildman–Crippen MR) is 138 cm³/mol. The largest absolute Gasteiger partial charge is 0.486 e. The molecule has 3 aromatic carbocycles. The Morgan fingerprint density at radius 3 is 2.36 bits per heavy atom. The number of ether oxygens (including phenoxy) is 1. The zero-order valence-corrected chi connectivity index (χ0v) is 21.4. The quantitative estimate of drug-likeness (QED) is 0.287. The summed E-state index contributed by atoms with van der Waals surface area (Å²) in [5, 5.41) is 0.343. The molecule has 0 aromatic heterocycles. The lowest BCUT2D eigenvalue weighted by Crippen LogP contribution is -2.27. The molecule has 1 heterocycles.